The van der Waals surface area contributed by atoms with Crippen LogP contribution >= 0.6 is 0 Å². The molecule has 1 amide bonds. The summed E-state index contributed by atoms with van der Waals surface area (Å²) < 4.78 is 5.24. The fraction of sp³-hybridized carbons (Fsp3) is 0.583. The molecule has 1 aliphatic rings. The second-order valence-corrected chi connectivity index (χ2v) is 4.86. The minimum absolute atomic E-state index is 0.372. The highest BCUT2D eigenvalue weighted by molar-refractivity contribution is 5.70. The molecule has 17 heavy (non-hydrogen) atoms. The van der Waals surface area contributed by atoms with Crippen molar-refractivity contribution < 1.29 is 9.53 Å². The van der Waals surface area contributed by atoms with E-state index in [1.807, 2.05) is 38.1 Å². The number of carbonyl (C=O) groups is 1. The number of hydrogen-bond acceptors (Lipinski definition) is 4. The van der Waals surface area contributed by atoms with Gasteiger partial charge in [-0.15, -0.1) is 0 Å². The van der Waals surface area contributed by atoms with Crippen LogP contribution in [0.15, 0.2) is 24.8 Å². The third-order valence-electron chi connectivity index (χ3n) is 2.06. The van der Waals surface area contributed by atoms with E-state index in [2.05, 4.69) is 0 Å². The zero-order valence-electron chi connectivity index (χ0n) is 10.7. The van der Waals surface area contributed by atoms with Gasteiger partial charge >= 0.3 is 6.09 Å². The normalized spacial score (nSPS) is 15.3. The van der Waals surface area contributed by atoms with E-state index in [-0.39, 0.29) is 6.09 Å². The Bertz CT molecular complexity index is 304. The molecule has 0 spiro atoms. The molecule has 0 fully saturated rings. The van der Waals surface area contributed by atoms with Crippen molar-refractivity contribution in [2.75, 3.05) is 13.1 Å². The van der Waals surface area contributed by atoms with Crippen LogP contribution in [0, 0.1) is 0 Å². The van der Waals surface area contributed by atoms with Gasteiger partial charge in [0, 0.05) is 31.3 Å². The number of ether oxygens (including phenoxy) is 1. The fourth-order valence-corrected chi connectivity index (χ4v) is 1.27. The van der Waals surface area contributed by atoms with Crippen LogP contribution in [0.1, 0.15) is 27.2 Å². The molecule has 96 valence electrons. The summed E-state index contributed by atoms with van der Waals surface area (Å²) in [7, 11) is 0. The standard InChI is InChI=1S/C12H21N3O2/c1-12(2,3)17-11(16)15-9-7-14(8-10-15)6-4-5-13/h7-10H,4-6,13H2,1-3H3. The molecule has 0 saturated carbocycles. The van der Waals surface area contributed by atoms with Crippen LogP contribution in [0.5, 0.6) is 0 Å². The van der Waals surface area contributed by atoms with Gasteiger partial charge in [-0.05, 0) is 33.7 Å². The summed E-state index contributed by atoms with van der Waals surface area (Å²) in [5.74, 6) is 0. The van der Waals surface area contributed by atoms with Gasteiger partial charge in [-0.2, -0.15) is 0 Å². The van der Waals surface area contributed by atoms with Gasteiger partial charge in [0.05, 0.1) is 0 Å². The van der Waals surface area contributed by atoms with Crippen molar-refractivity contribution in [1.29, 1.82) is 0 Å². The van der Waals surface area contributed by atoms with Gasteiger partial charge in [0.15, 0.2) is 0 Å². The molecule has 5 heteroatoms. The van der Waals surface area contributed by atoms with E-state index in [0.717, 1.165) is 13.0 Å². The Kier molecular flexibility index (Phi) is 4.57. The molecule has 0 radical (unpaired) electrons. The lowest BCUT2D eigenvalue weighted by molar-refractivity contribution is 0.0393. The lowest BCUT2D eigenvalue weighted by atomic mass is 10.2. The number of nitrogens with zero attached hydrogens (tertiary/aromatic N) is 2. The summed E-state index contributed by atoms with van der Waals surface area (Å²) in [5, 5.41) is 0. The predicted octanol–water partition coefficient (Wildman–Crippen LogP) is 1.83. The molecule has 0 atom stereocenters. The molecule has 2 N–H and O–H groups in total. The van der Waals surface area contributed by atoms with Gasteiger partial charge < -0.3 is 15.4 Å². The Balaban J connectivity index is 2.45. The second-order valence-electron chi connectivity index (χ2n) is 4.86. The topological polar surface area (TPSA) is 58.8 Å². The van der Waals surface area contributed by atoms with Crippen molar-refractivity contribution in [1.82, 2.24) is 9.80 Å². The van der Waals surface area contributed by atoms with Crippen molar-refractivity contribution >= 4 is 6.09 Å². The average Bonchev–Trinajstić information content (AvgIpc) is 2.24. The summed E-state index contributed by atoms with van der Waals surface area (Å²) >= 11 is 0. The largest absolute Gasteiger partial charge is 0.443 e. The number of amides is 1. The van der Waals surface area contributed by atoms with Crippen molar-refractivity contribution in [2.24, 2.45) is 5.73 Å². The van der Waals surface area contributed by atoms with Crippen molar-refractivity contribution in [3.05, 3.63) is 24.8 Å². The highest BCUT2D eigenvalue weighted by atomic mass is 16.6. The van der Waals surface area contributed by atoms with E-state index in [0.29, 0.717) is 6.54 Å². The Hall–Kier alpha value is -1.49. The monoisotopic (exact) mass is 239 g/mol. The Morgan fingerprint density at radius 3 is 2.29 bits per heavy atom. The van der Waals surface area contributed by atoms with Gasteiger partial charge in [-0.25, -0.2) is 4.79 Å². The van der Waals surface area contributed by atoms with Gasteiger partial charge in [-0.3, -0.25) is 4.90 Å². The number of hydrogen-bond donors (Lipinski definition) is 1. The van der Waals surface area contributed by atoms with Crippen LogP contribution in [0.25, 0.3) is 0 Å². The summed E-state index contributed by atoms with van der Waals surface area (Å²) in [4.78, 5) is 15.1. The van der Waals surface area contributed by atoms with Gasteiger partial charge in [-0.1, -0.05) is 0 Å². The third-order valence-corrected chi connectivity index (χ3v) is 2.06. The lowest BCUT2D eigenvalue weighted by Gasteiger charge is -2.26. The minimum Gasteiger partial charge on any atom is -0.443 e. The molecule has 0 aliphatic carbocycles. The van der Waals surface area contributed by atoms with Crippen LogP contribution in [-0.4, -0.2) is 34.6 Å². The maximum absolute atomic E-state index is 11.7. The predicted molar refractivity (Wildman–Crippen MR) is 66.7 cm³/mol. The highest BCUT2D eigenvalue weighted by Gasteiger charge is 2.20. The zero-order chi connectivity index (χ0) is 12.9. The van der Waals surface area contributed by atoms with E-state index in [4.69, 9.17) is 10.5 Å². The maximum atomic E-state index is 11.7. The molecule has 1 heterocycles. The molecule has 0 aromatic heterocycles. The van der Waals surface area contributed by atoms with Crippen LogP contribution in [-0.2, 0) is 4.74 Å². The van der Waals surface area contributed by atoms with Crippen LogP contribution < -0.4 is 5.73 Å². The lowest BCUT2D eigenvalue weighted by Crippen LogP contribution is -2.32. The number of rotatable bonds is 3. The second kappa shape index (κ2) is 5.72. The SMILES string of the molecule is CC(C)(C)OC(=O)N1C=CN(CCCN)C=C1. The van der Waals surface area contributed by atoms with Crippen LogP contribution in [0.2, 0.25) is 0 Å². The van der Waals surface area contributed by atoms with Crippen LogP contribution in [0.3, 0.4) is 0 Å². The first kappa shape index (κ1) is 13.6. The van der Waals surface area contributed by atoms with Crippen molar-refractivity contribution in [2.45, 2.75) is 32.8 Å². The summed E-state index contributed by atoms with van der Waals surface area (Å²) in [6, 6.07) is 0. The summed E-state index contributed by atoms with van der Waals surface area (Å²) in [6.07, 6.45) is 7.58. The van der Waals surface area contributed by atoms with E-state index >= 15 is 0 Å². The quantitative estimate of drug-likeness (QED) is 0.816. The van der Waals surface area contributed by atoms with Gasteiger partial charge in [0.2, 0.25) is 0 Å². The molecule has 0 saturated heterocycles. The molecule has 5 nitrogen and oxygen atoms in total. The van der Waals surface area contributed by atoms with E-state index in [9.17, 15) is 4.79 Å². The zero-order valence-corrected chi connectivity index (χ0v) is 10.7. The van der Waals surface area contributed by atoms with Gasteiger partial charge in [0.1, 0.15) is 5.60 Å². The van der Waals surface area contributed by atoms with E-state index < -0.39 is 5.60 Å². The molecule has 0 bridgehead atoms. The van der Waals surface area contributed by atoms with E-state index in [1.165, 1.54) is 4.90 Å². The average molecular weight is 239 g/mol. The molecule has 1 aliphatic heterocycles. The Morgan fingerprint density at radius 1 is 1.24 bits per heavy atom. The number of carbonyl (C=O) groups excluding carboxylic acids is 1. The minimum atomic E-state index is -0.477. The van der Waals surface area contributed by atoms with Crippen LogP contribution in [0.4, 0.5) is 4.79 Å². The first-order valence-corrected chi connectivity index (χ1v) is 5.76. The van der Waals surface area contributed by atoms with E-state index in [1.54, 1.807) is 12.4 Å². The molecular formula is C12H21N3O2. The molecule has 0 aromatic rings. The Morgan fingerprint density at radius 2 is 1.82 bits per heavy atom. The van der Waals surface area contributed by atoms with Gasteiger partial charge in [0.25, 0.3) is 0 Å². The van der Waals surface area contributed by atoms with Crippen molar-refractivity contribution in [3.63, 3.8) is 0 Å². The molecule has 0 unspecified atom stereocenters. The summed E-state index contributed by atoms with van der Waals surface area (Å²) in [6.45, 7) is 7.04. The first-order valence-electron chi connectivity index (χ1n) is 5.76. The molecule has 1 rings (SSSR count). The fourth-order valence-electron chi connectivity index (χ4n) is 1.27. The summed E-state index contributed by atoms with van der Waals surface area (Å²) in [5.41, 5.74) is 4.95. The molecular weight excluding hydrogens is 218 g/mol. The third kappa shape index (κ3) is 4.91. The highest BCUT2D eigenvalue weighted by Crippen LogP contribution is 2.13. The molecule has 0 aromatic carbocycles. The smallest absolute Gasteiger partial charge is 0.418 e. The number of nitrogens with two attached hydrogens (primary N) is 1. The first-order chi connectivity index (χ1) is 7.92. The maximum Gasteiger partial charge on any atom is 0.418 e. The van der Waals surface area contributed by atoms with Crippen molar-refractivity contribution in [3.8, 4) is 0 Å². The Labute approximate surface area is 103 Å².